The van der Waals surface area contributed by atoms with Gasteiger partial charge in [0.1, 0.15) is 5.60 Å². The molecule has 1 heterocycles. The number of carbonyl (C=O) groups excluding carboxylic acids is 1. The highest BCUT2D eigenvalue weighted by Crippen LogP contribution is 2.22. The van der Waals surface area contributed by atoms with Crippen molar-refractivity contribution in [3.8, 4) is 0 Å². The van der Waals surface area contributed by atoms with Gasteiger partial charge in [0.05, 0.1) is 12.6 Å². The molecule has 0 aromatic heterocycles. The fraction of sp³-hybridized carbons (Fsp3) is 0.923. The number of hydrogen-bond donors (Lipinski definition) is 1. The van der Waals surface area contributed by atoms with Crippen molar-refractivity contribution < 1.29 is 14.3 Å². The van der Waals surface area contributed by atoms with Crippen LogP contribution in [0.15, 0.2) is 0 Å². The molecule has 0 bridgehead atoms. The molecular weight excluding hydrogens is 218 g/mol. The fourth-order valence-electron chi connectivity index (χ4n) is 2.11. The van der Waals surface area contributed by atoms with E-state index in [0.29, 0.717) is 12.0 Å². The van der Waals surface area contributed by atoms with Crippen LogP contribution < -0.4 is 5.32 Å². The summed E-state index contributed by atoms with van der Waals surface area (Å²) < 4.78 is 10.8. The molecule has 4 heteroatoms. The SMILES string of the molecule is CCC1OCCC1CNCC(=O)OC(C)(C)C. The van der Waals surface area contributed by atoms with Gasteiger partial charge >= 0.3 is 5.97 Å². The van der Waals surface area contributed by atoms with Crippen molar-refractivity contribution in [3.63, 3.8) is 0 Å². The largest absolute Gasteiger partial charge is 0.459 e. The number of esters is 1. The minimum Gasteiger partial charge on any atom is -0.459 e. The predicted molar refractivity (Wildman–Crippen MR) is 66.9 cm³/mol. The summed E-state index contributed by atoms with van der Waals surface area (Å²) in [6, 6.07) is 0. The molecule has 100 valence electrons. The number of ether oxygens (including phenoxy) is 2. The Morgan fingerprint density at radius 3 is 2.76 bits per heavy atom. The standard InChI is InChI=1S/C13H25NO3/c1-5-11-10(6-7-16-11)8-14-9-12(15)17-13(2,3)4/h10-11,14H,5-9H2,1-4H3. The summed E-state index contributed by atoms with van der Waals surface area (Å²) in [5, 5.41) is 3.16. The molecule has 2 atom stereocenters. The monoisotopic (exact) mass is 243 g/mol. The molecule has 0 spiro atoms. The molecule has 0 aliphatic carbocycles. The van der Waals surface area contributed by atoms with Gasteiger partial charge in [0.2, 0.25) is 0 Å². The van der Waals surface area contributed by atoms with E-state index in [2.05, 4.69) is 12.2 Å². The number of nitrogens with one attached hydrogen (secondary N) is 1. The second-order valence-electron chi connectivity index (χ2n) is 5.58. The van der Waals surface area contributed by atoms with Gasteiger partial charge < -0.3 is 14.8 Å². The van der Waals surface area contributed by atoms with Gasteiger partial charge in [-0.25, -0.2) is 0 Å². The smallest absolute Gasteiger partial charge is 0.320 e. The molecule has 17 heavy (non-hydrogen) atoms. The van der Waals surface area contributed by atoms with E-state index in [1.165, 1.54) is 0 Å². The van der Waals surface area contributed by atoms with Gasteiger partial charge in [-0.2, -0.15) is 0 Å². The van der Waals surface area contributed by atoms with E-state index in [4.69, 9.17) is 9.47 Å². The molecule has 1 N–H and O–H groups in total. The normalized spacial score (nSPS) is 24.9. The third-order valence-corrected chi connectivity index (χ3v) is 2.84. The summed E-state index contributed by atoms with van der Waals surface area (Å²) in [7, 11) is 0. The van der Waals surface area contributed by atoms with Crippen molar-refractivity contribution in [2.45, 2.75) is 52.2 Å². The van der Waals surface area contributed by atoms with Crippen LogP contribution in [0, 0.1) is 5.92 Å². The first kappa shape index (κ1) is 14.5. The van der Waals surface area contributed by atoms with E-state index >= 15 is 0 Å². The Labute approximate surface area is 104 Å². The van der Waals surface area contributed by atoms with E-state index in [1.54, 1.807) is 0 Å². The van der Waals surface area contributed by atoms with Crippen LogP contribution in [-0.4, -0.2) is 37.4 Å². The lowest BCUT2D eigenvalue weighted by molar-refractivity contribution is -0.153. The maximum absolute atomic E-state index is 11.5. The van der Waals surface area contributed by atoms with Crippen LogP contribution in [0.3, 0.4) is 0 Å². The van der Waals surface area contributed by atoms with Gasteiger partial charge in [-0.1, -0.05) is 6.92 Å². The summed E-state index contributed by atoms with van der Waals surface area (Å²) in [6.45, 7) is 9.73. The number of rotatable bonds is 5. The van der Waals surface area contributed by atoms with E-state index in [0.717, 1.165) is 26.0 Å². The lowest BCUT2D eigenvalue weighted by Crippen LogP contribution is -2.35. The molecule has 0 aromatic rings. The lowest BCUT2D eigenvalue weighted by atomic mass is 10.00. The molecular formula is C13H25NO3. The van der Waals surface area contributed by atoms with Crippen molar-refractivity contribution in [1.29, 1.82) is 0 Å². The molecule has 0 amide bonds. The van der Waals surface area contributed by atoms with Crippen LogP contribution in [0.5, 0.6) is 0 Å². The first-order chi connectivity index (χ1) is 7.92. The molecule has 4 nitrogen and oxygen atoms in total. The summed E-state index contributed by atoms with van der Waals surface area (Å²) in [6.07, 6.45) is 2.47. The summed E-state index contributed by atoms with van der Waals surface area (Å²) in [4.78, 5) is 11.5. The highest BCUT2D eigenvalue weighted by atomic mass is 16.6. The van der Waals surface area contributed by atoms with E-state index in [1.807, 2.05) is 20.8 Å². The Morgan fingerprint density at radius 2 is 2.18 bits per heavy atom. The third-order valence-electron chi connectivity index (χ3n) is 2.84. The van der Waals surface area contributed by atoms with Crippen LogP contribution in [0.25, 0.3) is 0 Å². The number of carbonyl (C=O) groups is 1. The molecule has 2 unspecified atom stereocenters. The van der Waals surface area contributed by atoms with Crippen molar-refractivity contribution in [2.75, 3.05) is 19.7 Å². The summed E-state index contributed by atoms with van der Waals surface area (Å²) >= 11 is 0. The predicted octanol–water partition coefficient (Wildman–Crippen LogP) is 1.73. The summed E-state index contributed by atoms with van der Waals surface area (Å²) in [5.74, 6) is 0.340. The maximum atomic E-state index is 11.5. The third kappa shape index (κ3) is 5.50. The Balaban J connectivity index is 2.17. The molecule has 0 aromatic carbocycles. The zero-order valence-corrected chi connectivity index (χ0v) is 11.4. The molecule has 0 saturated carbocycles. The van der Waals surface area contributed by atoms with Gasteiger partial charge in [0.15, 0.2) is 0 Å². The Morgan fingerprint density at radius 1 is 1.47 bits per heavy atom. The minimum atomic E-state index is -0.402. The lowest BCUT2D eigenvalue weighted by Gasteiger charge is -2.21. The first-order valence-electron chi connectivity index (χ1n) is 6.46. The average molecular weight is 243 g/mol. The second kappa shape index (κ2) is 6.36. The maximum Gasteiger partial charge on any atom is 0.320 e. The van der Waals surface area contributed by atoms with Crippen LogP contribution in [0.2, 0.25) is 0 Å². The Hall–Kier alpha value is -0.610. The van der Waals surface area contributed by atoms with E-state index < -0.39 is 5.60 Å². The Bertz CT molecular complexity index is 248. The van der Waals surface area contributed by atoms with E-state index in [-0.39, 0.29) is 12.5 Å². The highest BCUT2D eigenvalue weighted by Gasteiger charge is 2.26. The van der Waals surface area contributed by atoms with Gasteiger partial charge in [-0.15, -0.1) is 0 Å². The molecule has 1 aliphatic rings. The molecule has 1 rings (SSSR count). The molecule has 1 saturated heterocycles. The van der Waals surface area contributed by atoms with Crippen LogP contribution in [0.4, 0.5) is 0 Å². The molecule has 1 aliphatic heterocycles. The fourth-order valence-corrected chi connectivity index (χ4v) is 2.11. The molecule has 1 fully saturated rings. The quantitative estimate of drug-likeness (QED) is 0.747. The van der Waals surface area contributed by atoms with Crippen LogP contribution in [0.1, 0.15) is 40.5 Å². The van der Waals surface area contributed by atoms with Gasteiger partial charge in [-0.3, -0.25) is 4.79 Å². The minimum absolute atomic E-state index is 0.190. The van der Waals surface area contributed by atoms with E-state index in [9.17, 15) is 4.79 Å². The second-order valence-corrected chi connectivity index (χ2v) is 5.58. The van der Waals surface area contributed by atoms with Crippen molar-refractivity contribution in [3.05, 3.63) is 0 Å². The van der Waals surface area contributed by atoms with Gasteiger partial charge in [-0.05, 0) is 39.5 Å². The molecule has 0 radical (unpaired) electrons. The van der Waals surface area contributed by atoms with Crippen molar-refractivity contribution in [2.24, 2.45) is 5.92 Å². The van der Waals surface area contributed by atoms with Gasteiger partial charge in [0.25, 0.3) is 0 Å². The highest BCUT2D eigenvalue weighted by molar-refractivity contribution is 5.72. The van der Waals surface area contributed by atoms with Crippen molar-refractivity contribution >= 4 is 5.97 Å². The first-order valence-corrected chi connectivity index (χ1v) is 6.46. The number of hydrogen-bond acceptors (Lipinski definition) is 4. The van der Waals surface area contributed by atoms with Gasteiger partial charge in [0, 0.05) is 13.2 Å². The Kier molecular flexibility index (Phi) is 5.40. The summed E-state index contributed by atoms with van der Waals surface area (Å²) in [5.41, 5.74) is -0.402. The zero-order chi connectivity index (χ0) is 12.9. The van der Waals surface area contributed by atoms with Crippen LogP contribution in [-0.2, 0) is 14.3 Å². The topological polar surface area (TPSA) is 47.6 Å². The van der Waals surface area contributed by atoms with Crippen LogP contribution >= 0.6 is 0 Å². The zero-order valence-electron chi connectivity index (χ0n) is 11.4. The average Bonchev–Trinajstić information content (AvgIpc) is 2.62. The van der Waals surface area contributed by atoms with Crippen molar-refractivity contribution in [1.82, 2.24) is 5.32 Å².